The highest BCUT2D eigenvalue weighted by molar-refractivity contribution is 6.31. The molecule has 1 aliphatic carbocycles. The molecule has 0 saturated carbocycles. The molecule has 2 nitrogen and oxygen atoms in total. The highest BCUT2D eigenvalue weighted by atomic mass is 35.5. The standard InChI is InChI=1S/C30H26ClNO/c1-21-8-7-9-22(16-21)20-32(27-17-24-12-5-6-13-25(24)18-27)30(33)29-19-26(31)14-15-28(29)23-10-3-2-4-11-23/h2-16,19,27H,17-18,20H2,1H3. The van der Waals surface area contributed by atoms with Crippen LogP contribution in [0, 0.1) is 6.92 Å². The Hall–Kier alpha value is -3.36. The summed E-state index contributed by atoms with van der Waals surface area (Å²) in [6.07, 6.45) is 1.74. The van der Waals surface area contributed by atoms with Crippen molar-refractivity contribution < 1.29 is 4.79 Å². The average Bonchev–Trinajstić information content (AvgIpc) is 3.27. The molecule has 0 radical (unpaired) electrons. The van der Waals surface area contributed by atoms with Gasteiger partial charge in [-0.15, -0.1) is 0 Å². The number of halogens is 1. The van der Waals surface area contributed by atoms with Crippen LogP contribution in [0.3, 0.4) is 0 Å². The van der Waals surface area contributed by atoms with E-state index in [0.29, 0.717) is 17.1 Å². The number of fused-ring (bicyclic) bond motifs is 1. The zero-order chi connectivity index (χ0) is 22.8. The van der Waals surface area contributed by atoms with E-state index in [1.54, 1.807) is 0 Å². The van der Waals surface area contributed by atoms with E-state index < -0.39 is 0 Å². The van der Waals surface area contributed by atoms with E-state index >= 15 is 0 Å². The molecule has 0 bridgehead atoms. The lowest BCUT2D eigenvalue weighted by Gasteiger charge is -2.30. The molecule has 5 rings (SSSR count). The highest BCUT2D eigenvalue weighted by Gasteiger charge is 2.31. The van der Waals surface area contributed by atoms with E-state index in [2.05, 4.69) is 55.5 Å². The summed E-state index contributed by atoms with van der Waals surface area (Å²) in [6, 6.07) is 32.7. The molecule has 164 valence electrons. The largest absolute Gasteiger partial charge is 0.331 e. The summed E-state index contributed by atoms with van der Waals surface area (Å²) < 4.78 is 0. The Bertz CT molecular complexity index is 1270. The fourth-order valence-electron chi connectivity index (χ4n) is 4.85. The number of carbonyl (C=O) groups excluding carboxylic acids is 1. The molecule has 0 spiro atoms. The second kappa shape index (κ2) is 9.25. The van der Waals surface area contributed by atoms with Gasteiger partial charge in [-0.05, 0) is 59.7 Å². The first kappa shape index (κ1) is 21.5. The number of amides is 1. The summed E-state index contributed by atoms with van der Waals surface area (Å²) in [5.41, 5.74) is 7.58. The van der Waals surface area contributed by atoms with Crippen molar-refractivity contribution in [1.29, 1.82) is 0 Å². The average molecular weight is 452 g/mol. The number of hydrogen-bond acceptors (Lipinski definition) is 1. The van der Waals surface area contributed by atoms with Crippen molar-refractivity contribution in [1.82, 2.24) is 4.90 Å². The van der Waals surface area contributed by atoms with Gasteiger partial charge in [0, 0.05) is 23.2 Å². The lowest BCUT2D eigenvalue weighted by atomic mass is 9.97. The van der Waals surface area contributed by atoms with Crippen molar-refractivity contribution in [3.8, 4) is 11.1 Å². The van der Waals surface area contributed by atoms with Crippen molar-refractivity contribution >= 4 is 17.5 Å². The van der Waals surface area contributed by atoms with Gasteiger partial charge >= 0.3 is 0 Å². The number of hydrogen-bond donors (Lipinski definition) is 0. The van der Waals surface area contributed by atoms with Gasteiger partial charge in [0.05, 0.1) is 0 Å². The van der Waals surface area contributed by atoms with Crippen molar-refractivity contribution in [3.05, 3.63) is 130 Å². The topological polar surface area (TPSA) is 20.3 Å². The Morgan fingerprint density at radius 2 is 1.55 bits per heavy atom. The van der Waals surface area contributed by atoms with Gasteiger partial charge in [0.1, 0.15) is 0 Å². The lowest BCUT2D eigenvalue weighted by molar-refractivity contribution is 0.0668. The number of rotatable bonds is 5. The molecule has 4 aromatic rings. The van der Waals surface area contributed by atoms with Crippen LogP contribution in [0.25, 0.3) is 11.1 Å². The first-order valence-corrected chi connectivity index (χ1v) is 11.7. The molecule has 0 saturated heterocycles. The predicted molar refractivity (Wildman–Crippen MR) is 136 cm³/mol. The third kappa shape index (κ3) is 4.58. The third-order valence-electron chi connectivity index (χ3n) is 6.46. The maximum absolute atomic E-state index is 14.2. The molecule has 0 atom stereocenters. The minimum absolute atomic E-state index is 0.0238. The molecule has 3 heteroatoms. The van der Waals surface area contributed by atoms with Crippen LogP contribution in [0.1, 0.15) is 32.6 Å². The van der Waals surface area contributed by atoms with Crippen LogP contribution in [0.4, 0.5) is 0 Å². The molecule has 0 heterocycles. The van der Waals surface area contributed by atoms with Crippen molar-refractivity contribution in [2.45, 2.75) is 32.4 Å². The zero-order valence-corrected chi connectivity index (χ0v) is 19.4. The van der Waals surface area contributed by atoms with Crippen molar-refractivity contribution in [3.63, 3.8) is 0 Å². The minimum atomic E-state index is 0.0238. The second-order valence-corrected chi connectivity index (χ2v) is 9.25. The van der Waals surface area contributed by atoms with Crippen molar-refractivity contribution in [2.75, 3.05) is 0 Å². The fourth-order valence-corrected chi connectivity index (χ4v) is 5.02. The molecule has 0 fully saturated rings. The van der Waals surface area contributed by atoms with Gasteiger partial charge in [0.2, 0.25) is 0 Å². The first-order valence-electron chi connectivity index (χ1n) is 11.4. The smallest absolute Gasteiger partial charge is 0.255 e. The fraction of sp³-hybridized carbons (Fsp3) is 0.167. The maximum Gasteiger partial charge on any atom is 0.255 e. The summed E-state index contributed by atoms with van der Waals surface area (Å²) in [7, 11) is 0. The Morgan fingerprint density at radius 1 is 0.848 bits per heavy atom. The molecule has 1 aliphatic rings. The summed E-state index contributed by atoms with van der Waals surface area (Å²) in [6.45, 7) is 2.66. The van der Waals surface area contributed by atoms with E-state index in [9.17, 15) is 4.79 Å². The highest BCUT2D eigenvalue weighted by Crippen LogP contribution is 2.32. The number of carbonyl (C=O) groups is 1. The van der Waals surface area contributed by atoms with Crippen LogP contribution >= 0.6 is 11.6 Å². The molecule has 0 N–H and O–H groups in total. The van der Waals surface area contributed by atoms with Crippen molar-refractivity contribution in [2.24, 2.45) is 0 Å². The van der Waals surface area contributed by atoms with E-state index in [0.717, 1.165) is 29.5 Å². The molecule has 1 amide bonds. The second-order valence-electron chi connectivity index (χ2n) is 8.81. The van der Waals surface area contributed by atoms with E-state index in [4.69, 9.17) is 11.6 Å². The van der Waals surface area contributed by atoms with E-state index in [-0.39, 0.29) is 11.9 Å². The van der Waals surface area contributed by atoms with Crippen LogP contribution in [-0.2, 0) is 19.4 Å². The van der Waals surface area contributed by atoms with Gasteiger partial charge in [-0.1, -0.05) is 102 Å². The SMILES string of the molecule is Cc1cccc(CN(C(=O)c2cc(Cl)ccc2-c2ccccc2)C2Cc3ccccc3C2)c1. The first-order chi connectivity index (χ1) is 16.1. The van der Waals surface area contributed by atoms with Gasteiger partial charge in [0.25, 0.3) is 5.91 Å². The molecule has 0 aromatic heterocycles. The van der Waals surface area contributed by atoms with Gasteiger partial charge in [-0.3, -0.25) is 4.79 Å². The predicted octanol–water partition coefficient (Wildman–Crippen LogP) is 7.13. The number of benzene rings is 4. The van der Waals surface area contributed by atoms with Crippen LogP contribution < -0.4 is 0 Å². The van der Waals surface area contributed by atoms with E-state index in [1.165, 1.54) is 16.7 Å². The normalized spacial score (nSPS) is 13.0. The van der Waals surface area contributed by atoms with Crippen LogP contribution in [0.5, 0.6) is 0 Å². The zero-order valence-electron chi connectivity index (χ0n) is 18.7. The third-order valence-corrected chi connectivity index (χ3v) is 6.70. The Balaban J connectivity index is 1.56. The van der Waals surface area contributed by atoms with Gasteiger partial charge in [-0.2, -0.15) is 0 Å². The molecule has 4 aromatic carbocycles. The Labute approximate surface area is 200 Å². The quantitative estimate of drug-likeness (QED) is 0.316. The summed E-state index contributed by atoms with van der Waals surface area (Å²) in [5, 5.41) is 0.572. The molecular weight excluding hydrogens is 426 g/mol. The summed E-state index contributed by atoms with van der Waals surface area (Å²) >= 11 is 6.40. The van der Waals surface area contributed by atoms with Gasteiger partial charge in [0.15, 0.2) is 0 Å². The number of nitrogens with zero attached hydrogens (tertiary/aromatic N) is 1. The maximum atomic E-state index is 14.2. The molecule has 0 unspecified atom stereocenters. The van der Waals surface area contributed by atoms with E-state index in [1.807, 2.05) is 53.4 Å². The molecular formula is C30H26ClNO. The molecule has 33 heavy (non-hydrogen) atoms. The summed E-state index contributed by atoms with van der Waals surface area (Å²) in [5.74, 6) is 0.0238. The lowest BCUT2D eigenvalue weighted by Crippen LogP contribution is -2.40. The monoisotopic (exact) mass is 451 g/mol. The minimum Gasteiger partial charge on any atom is -0.331 e. The molecule has 0 aliphatic heterocycles. The van der Waals surface area contributed by atoms with Crippen LogP contribution in [0.2, 0.25) is 5.02 Å². The van der Waals surface area contributed by atoms with Gasteiger partial charge < -0.3 is 4.90 Å². The number of aryl methyl sites for hydroxylation is 1. The van der Waals surface area contributed by atoms with Gasteiger partial charge in [-0.25, -0.2) is 0 Å². The van der Waals surface area contributed by atoms with Crippen LogP contribution in [0.15, 0.2) is 97.1 Å². The van der Waals surface area contributed by atoms with Crippen LogP contribution in [-0.4, -0.2) is 16.8 Å². The summed E-state index contributed by atoms with van der Waals surface area (Å²) in [4.78, 5) is 16.2. The Morgan fingerprint density at radius 3 is 2.24 bits per heavy atom. The Kier molecular flexibility index (Phi) is 6.02.